The third kappa shape index (κ3) is 5.56. The molecule has 0 aliphatic rings. The fourth-order valence-corrected chi connectivity index (χ4v) is 2.58. The van der Waals surface area contributed by atoms with Crippen LogP contribution in [0.3, 0.4) is 0 Å². The summed E-state index contributed by atoms with van der Waals surface area (Å²) in [4.78, 5) is 29.4. The maximum Gasteiger partial charge on any atom is 0.458 e. The first-order chi connectivity index (χ1) is 14.5. The average molecular weight is 443 g/mol. The number of alkyl halides is 5. The molecule has 2 N–H and O–H groups in total. The summed E-state index contributed by atoms with van der Waals surface area (Å²) in [5, 5.41) is 8.39. The molecule has 11 heteroatoms. The van der Waals surface area contributed by atoms with Gasteiger partial charge in [-0.2, -0.15) is 22.0 Å². The third-order valence-corrected chi connectivity index (χ3v) is 4.14. The zero-order chi connectivity index (χ0) is 23.2. The van der Waals surface area contributed by atoms with Crippen LogP contribution in [-0.2, 0) is 10.8 Å². The highest BCUT2D eigenvalue weighted by molar-refractivity contribution is 6.12. The van der Waals surface area contributed by atoms with Crippen molar-refractivity contribution < 1.29 is 36.4 Å². The van der Waals surface area contributed by atoms with Crippen molar-refractivity contribution in [2.75, 3.05) is 19.0 Å². The second-order valence-corrected chi connectivity index (χ2v) is 6.28. The molecule has 2 aromatic rings. The van der Waals surface area contributed by atoms with Crippen molar-refractivity contribution in [1.29, 1.82) is 0 Å². The fraction of sp³-hybridized carbons (Fsp3) is 0.250. The number of benzene rings is 2. The molecule has 0 aliphatic carbocycles. The lowest BCUT2D eigenvalue weighted by Gasteiger charge is -2.21. The highest BCUT2D eigenvalue weighted by atomic mass is 19.4. The standard InChI is InChI=1S/C20H18F5N3O3/c1-12-11-13(19(21,22)20(23,24)25)7-8-16(12)28-18(30)15-6-4-3-5-14(15)17(29)26-9-10-27-31-2/h3-8,10-11H,9H2,1-2H3,(H,26,29)(H,28,30)/b27-10+. The fourth-order valence-electron chi connectivity index (χ4n) is 2.58. The van der Waals surface area contributed by atoms with Gasteiger partial charge in [-0.1, -0.05) is 23.4 Å². The molecular weight excluding hydrogens is 425 g/mol. The number of oxime groups is 1. The molecule has 0 spiro atoms. The molecule has 2 aromatic carbocycles. The Labute approximate surface area is 174 Å². The molecule has 31 heavy (non-hydrogen) atoms. The molecule has 0 fully saturated rings. The molecule has 6 nitrogen and oxygen atoms in total. The van der Waals surface area contributed by atoms with Gasteiger partial charge in [0.1, 0.15) is 7.11 Å². The van der Waals surface area contributed by atoms with Crippen LogP contribution in [0.2, 0.25) is 0 Å². The lowest BCUT2D eigenvalue weighted by atomic mass is 10.0. The lowest BCUT2D eigenvalue weighted by molar-refractivity contribution is -0.289. The van der Waals surface area contributed by atoms with E-state index in [1.54, 1.807) is 0 Å². The van der Waals surface area contributed by atoms with E-state index < -0.39 is 29.5 Å². The summed E-state index contributed by atoms with van der Waals surface area (Å²) in [6, 6.07) is 8.01. The number of hydrogen-bond donors (Lipinski definition) is 2. The quantitative estimate of drug-likeness (QED) is 0.381. The molecule has 2 amide bonds. The molecule has 0 bridgehead atoms. The monoisotopic (exact) mass is 443 g/mol. The van der Waals surface area contributed by atoms with Gasteiger partial charge in [0.05, 0.1) is 23.9 Å². The van der Waals surface area contributed by atoms with E-state index in [0.717, 1.165) is 6.07 Å². The second-order valence-electron chi connectivity index (χ2n) is 6.28. The van der Waals surface area contributed by atoms with Crippen LogP contribution in [0.15, 0.2) is 47.6 Å². The van der Waals surface area contributed by atoms with E-state index in [9.17, 15) is 31.5 Å². The number of nitrogens with one attached hydrogen (secondary N) is 2. The summed E-state index contributed by atoms with van der Waals surface area (Å²) < 4.78 is 64.7. The van der Waals surface area contributed by atoms with Crippen LogP contribution in [0, 0.1) is 6.92 Å². The number of aryl methyl sites for hydroxylation is 1. The SMILES string of the molecule is CO/N=C/CNC(=O)c1ccccc1C(=O)Nc1ccc(C(F)(F)C(F)(F)F)cc1C. The number of nitrogens with zero attached hydrogens (tertiary/aromatic N) is 1. The van der Waals surface area contributed by atoms with Crippen LogP contribution < -0.4 is 10.6 Å². The summed E-state index contributed by atoms with van der Waals surface area (Å²) in [5.41, 5.74) is -1.22. The van der Waals surface area contributed by atoms with Gasteiger partial charge >= 0.3 is 12.1 Å². The van der Waals surface area contributed by atoms with Crippen LogP contribution in [0.4, 0.5) is 27.6 Å². The van der Waals surface area contributed by atoms with E-state index >= 15 is 0 Å². The van der Waals surface area contributed by atoms with Crippen LogP contribution in [0.1, 0.15) is 31.8 Å². The zero-order valence-electron chi connectivity index (χ0n) is 16.4. The largest absolute Gasteiger partial charge is 0.458 e. The number of anilines is 1. The topological polar surface area (TPSA) is 79.8 Å². The van der Waals surface area contributed by atoms with Gasteiger partial charge in [-0.15, -0.1) is 0 Å². The van der Waals surface area contributed by atoms with Crippen molar-refractivity contribution >= 4 is 23.7 Å². The van der Waals surface area contributed by atoms with Gasteiger partial charge < -0.3 is 15.5 Å². The number of carbonyl (C=O) groups excluding carboxylic acids is 2. The summed E-state index contributed by atoms with van der Waals surface area (Å²) in [6.07, 6.45) is -4.45. The first-order valence-corrected chi connectivity index (χ1v) is 8.78. The van der Waals surface area contributed by atoms with Gasteiger partial charge in [-0.25, -0.2) is 0 Å². The van der Waals surface area contributed by atoms with E-state index in [4.69, 9.17) is 0 Å². The summed E-state index contributed by atoms with van der Waals surface area (Å²) in [5.74, 6) is -6.35. The molecular formula is C20H18F5N3O3. The Bertz CT molecular complexity index is 990. The molecule has 0 aliphatic heterocycles. The van der Waals surface area contributed by atoms with E-state index in [2.05, 4.69) is 20.6 Å². The Hall–Kier alpha value is -3.50. The van der Waals surface area contributed by atoms with Crippen molar-refractivity contribution in [2.45, 2.75) is 19.0 Å². The molecule has 166 valence electrons. The summed E-state index contributed by atoms with van der Waals surface area (Å²) in [7, 11) is 1.33. The molecule has 0 unspecified atom stereocenters. The highest BCUT2D eigenvalue weighted by Gasteiger charge is 2.58. The number of halogens is 5. The Morgan fingerprint density at radius 2 is 1.65 bits per heavy atom. The van der Waals surface area contributed by atoms with Gasteiger partial charge in [0.15, 0.2) is 0 Å². The predicted molar refractivity (Wildman–Crippen MR) is 103 cm³/mol. The summed E-state index contributed by atoms with van der Waals surface area (Å²) >= 11 is 0. The maximum absolute atomic E-state index is 13.5. The van der Waals surface area contributed by atoms with E-state index in [-0.39, 0.29) is 28.9 Å². The van der Waals surface area contributed by atoms with Crippen LogP contribution in [0.25, 0.3) is 0 Å². The van der Waals surface area contributed by atoms with Crippen molar-refractivity contribution in [2.24, 2.45) is 5.16 Å². The Morgan fingerprint density at radius 1 is 1.03 bits per heavy atom. The van der Waals surface area contributed by atoms with Gasteiger partial charge in [0.25, 0.3) is 11.8 Å². The Balaban J connectivity index is 2.23. The molecule has 2 rings (SSSR count). The Morgan fingerprint density at radius 3 is 2.19 bits per heavy atom. The lowest BCUT2D eigenvalue weighted by Crippen LogP contribution is -2.33. The number of rotatable bonds is 7. The second kappa shape index (κ2) is 9.54. The third-order valence-electron chi connectivity index (χ3n) is 4.14. The zero-order valence-corrected chi connectivity index (χ0v) is 16.4. The number of hydrogen-bond acceptors (Lipinski definition) is 4. The van der Waals surface area contributed by atoms with Crippen LogP contribution in [0.5, 0.6) is 0 Å². The number of carbonyl (C=O) groups is 2. The maximum atomic E-state index is 13.5. The predicted octanol–water partition coefficient (Wildman–Crippen LogP) is 4.26. The van der Waals surface area contributed by atoms with Crippen molar-refractivity contribution in [1.82, 2.24) is 5.32 Å². The summed E-state index contributed by atoms with van der Waals surface area (Å²) in [6.45, 7) is 1.32. The van der Waals surface area contributed by atoms with Crippen molar-refractivity contribution in [3.05, 3.63) is 64.7 Å². The minimum Gasteiger partial charge on any atom is -0.399 e. The van der Waals surface area contributed by atoms with Crippen molar-refractivity contribution in [3.63, 3.8) is 0 Å². The number of amides is 2. The normalized spacial score (nSPS) is 12.0. The van der Waals surface area contributed by atoms with E-state index in [0.29, 0.717) is 12.1 Å². The van der Waals surface area contributed by atoms with Crippen LogP contribution >= 0.6 is 0 Å². The Kier molecular flexibility index (Phi) is 7.32. The minimum absolute atomic E-state index is 0.00696. The smallest absolute Gasteiger partial charge is 0.399 e. The first-order valence-electron chi connectivity index (χ1n) is 8.78. The minimum atomic E-state index is -5.75. The first kappa shape index (κ1) is 23.8. The van der Waals surface area contributed by atoms with Crippen LogP contribution in [-0.4, -0.2) is 37.9 Å². The molecule has 0 atom stereocenters. The molecule has 0 heterocycles. The average Bonchev–Trinajstić information content (AvgIpc) is 2.71. The molecule has 0 saturated heterocycles. The van der Waals surface area contributed by atoms with Gasteiger partial charge in [0.2, 0.25) is 0 Å². The van der Waals surface area contributed by atoms with Gasteiger partial charge in [0, 0.05) is 11.3 Å². The highest BCUT2D eigenvalue weighted by Crippen LogP contribution is 2.44. The van der Waals surface area contributed by atoms with Gasteiger partial charge in [-0.05, 0) is 36.8 Å². The molecule has 0 aromatic heterocycles. The van der Waals surface area contributed by atoms with Crippen molar-refractivity contribution in [3.8, 4) is 0 Å². The molecule has 0 radical (unpaired) electrons. The van der Waals surface area contributed by atoms with Gasteiger partial charge in [-0.3, -0.25) is 9.59 Å². The molecule has 0 saturated carbocycles. The van der Waals surface area contributed by atoms with E-state index in [1.807, 2.05) is 0 Å². The van der Waals surface area contributed by atoms with E-state index in [1.165, 1.54) is 44.5 Å².